The Morgan fingerprint density at radius 3 is 2.20 bits per heavy atom. The summed E-state index contributed by atoms with van der Waals surface area (Å²) >= 11 is 0. The third-order valence-corrected chi connectivity index (χ3v) is 1.72. The van der Waals surface area contributed by atoms with Crippen LogP contribution in [-0.4, -0.2) is 0 Å². The Bertz CT molecular complexity index is 402. The first kappa shape index (κ1) is 11.4. The van der Waals surface area contributed by atoms with Gasteiger partial charge in [-0.2, -0.15) is 18.4 Å². The molecule has 0 aliphatic heterocycles. The second kappa shape index (κ2) is 3.85. The molecule has 6 heteroatoms. The molecule has 0 radical (unpaired) electrons. The van der Waals surface area contributed by atoms with Crippen LogP contribution in [0.3, 0.4) is 0 Å². The van der Waals surface area contributed by atoms with E-state index in [0.717, 1.165) is 6.07 Å². The van der Waals surface area contributed by atoms with Crippen molar-refractivity contribution < 1.29 is 22.0 Å². The molecule has 0 spiro atoms. The van der Waals surface area contributed by atoms with Gasteiger partial charge < -0.3 is 0 Å². The van der Waals surface area contributed by atoms with E-state index in [1.54, 1.807) is 0 Å². The predicted octanol–water partition coefficient (Wildman–Crippen LogP) is 3.51. The van der Waals surface area contributed by atoms with Crippen LogP contribution in [0, 0.1) is 11.3 Å². The summed E-state index contributed by atoms with van der Waals surface area (Å²) in [5.74, 6) is 0. The fourth-order valence-corrected chi connectivity index (χ4v) is 1.07. The largest absolute Gasteiger partial charge is 0.416 e. The van der Waals surface area contributed by atoms with Crippen LogP contribution in [-0.2, 0) is 6.18 Å². The van der Waals surface area contributed by atoms with Crippen molar-refractivity contribution in [3.05, 3.63) is 34.9 Å². The molecular weight excluding hydrogens is 217 g/mol. The van der Waals surface area contributed by atoms with Crippen LogP contribution >= 0.6 is 0 Å². The first-order valence-electron chi connectivity index (χ1n) is 3.75. The van der Waals surface area contributed by atoms with E-state index in [1.807, 2.05) is 0 Å². The number of benzene rings is 1. The van der Waals surface area contributed by atoms with Gasteiger partial charge in [-0.05, 0) is 18.2 Å². The van der Waals surface area contributed by atoms with Crippen molar-refractivity contribution in [2.45, 2.75) is 12.6 Å². The zero-order valence-electron chi connectivity index (χ0n) is 7.15. The van der Waals surface area contributed by atoms with E-state index < -0.39 is 23.7 Å². The van der Waals surface area contributed by atoms with Crippen molar-refractivity contribution >= 4 is 0 Å². The van der Waals surface area contributed by atoms with Gasteiger partial charge in [-0.3, -0.25) is 0 Å². The van der Waals surface area contributed by atoms with Gasteiger partial charge in [0.25, 0.3) is 6.43 Å². The number of nitrogens with zero attached hydrogens (tertiary/aromatic N) is 1. The zero-order chi connectivity index (χ0) is 11.6. The van der Waals surface area contributed by atoms with Crippen LogP contribution in [0.4, 0.5) is 22.0 Å². The molecule has 0 aliphatic rings. The SMILES string of the molecule is N#Cc1ccc(C(F)(F)F)c(C(F)F)c1. The van der Waals surface area contributed by atoms with Crippen LogP contribution < -0.4 is 0 Å². The van der Waals surface area contributed by atoms with Crippen LogP contribution in [0.5, 0.6) is 0 Å². The van der Waals surface area contributed by atoms with Crippen LogP contribution in [0.25, 0.3) is 0 Å². The Balaban J connectivity index is 3.36. The standard InChI is InChI=1S/C9H4F5N/c10-8(11)6-3-5(4-15)1-2-7(6)9(12,13)14/h1-3,8H. The average Bonchev–Trinajstić information content (AvgIpc) is 2.15. The fourth-order valence-electron chi connectivity index (χ4n) is 1.07. The maximum absolute atomic E-state index is 12.3. The lowest BCUT2D eigenvalue weighted by Crippen LogP contribution is -2.09. The van der Waals surface area contributed by atoms with Gasteiger partial charge in [0.15, 0.2) is 0 Å². The third-order valence-electron chi connectivity index (χ3n) is 1.72. The van der Waals surface area contributed by atoms with Gasteiger partial charge in [0.1, 0.15) is 0 Å². The lowest BCUT2D eigenvalue weighted by Gasteiger charge is -2.11. The van der Waals surface area contributed by atoms with Gasteiger partial charge in [-0.25, -0.2) is 8.78 Å². The monoisotopic (exact) mass is 221 g/mol. The van der Waals surface area contributed by atoms with Crippen molar-refractivity contribution in [2.75, 3.05) is 0 Å². The van der Waals surface area contributed by atoms with Gasteiger partial charge >= 0.3 is 6.18 Å². The quantitative estimate of drug-likeness (QED) is 0.665. The second-order valence-corrected chi connectivity index (χ2v) is 2.71. The van der Waals surface area contributed by atoms with Gasteiger partial charge in [0.2, 0.25) is 0 Å². The summed E-state index contributed by atoms with van der Waals surface area (Å²) in [5, 5.41) is 8.36. The molecule has 0 unspecified atom stereocenters. The molecule has 15 heavy (non-hydrogen) atoms. The number of halogens is 5. The van der Waals surface area contributed by atoms with Crippen LogP contribution in [0.15, 0.2) is 18.2 Å². The lowest BCUT2D eigenvalue weighted by molar-refractivity contribution is -0.139. The molecule has 0 atom stereocenters. The van der Waals surface area contributed by atoms with Crippen molar-refractivity contribution in [3.63, 3.8) is 0 Å². The Morgan fingerprint density at radius 1 is 1.20 bits per heavy atom. The molecule has 80 valence electrons. The molecular formula is C9H4F5N. The average molecular weight is 221 g/mol. The molecule has 0 N–H and O–H groups in total. The molecule has 0 amide bonds. The number of hydrogen-bond donors (Lipinski definition) is 0. The summed E-state index contributed by atoms with van der Waals surface area (Å²) in [6, 6.07) is 3.39. The summed E-state index contributed by atoms with van der Waals surface area (Å²) in [5.41, 5.74) is -2.80. The van der Waals surface area contributed by atoms with E-state index in [1.165, 1.54) is 6.07 Å². The van der Waals surface area contributed by atoms with E-state index in [9.17, 15) is 22.0 Å². The van der Waals surface area contributed by atoms with E-state index in [-0.39, 0.29) is 5.56 Å². The normalized spacial score (nSPS) is 11.5. The van der Waals surface area contributed by atoms with Gasteiger partial charge in [-0.1, -0.05) is 0 Å². The number of nitriles is 1. The minimum Gasteiger partial charge on any atom is -0.205 e. The Labute approximate surface area is 81.7 Å². The smallest absolute Gasteiger partial charge is 0.205 e. The third kappa shape index (κ3) is 2.43. The first-order valence-corrected chi connectivity index (χ1v) is 3.75. The summed E-state index contributed by atoms with van der Waals surface area (Å²) in [7, 11) is 0. The Kier molecular flexibility index (Phi) is 2.93. The lowest BCUT2D eigenvalue weighted by atomic mass is 10.0. The molecule has 1 aromatic carbocycles. The predicted molar refractivity (Wildman–Crippen MR) is 41.1 cm³/mol. The Hall–Kier alpha value is -1.64. The van der Waals surface area contributed by atoms with Crippen LogP contribution in [0.2, 0.25) is 0 Å². The number of alkyl halides is 5. The van der Waals surface area contributed by atoms with E-state index >= 15 is 0 Å². The Morgan fingerprint density at radius 2 is 1.80 bits per heavy atom. The molecule has 0 saturated heterocycles. The number of hydrogen-bond acceptors (Lipinski definition) is 1. The minimum atomic E-state index is -4.83. The minimum absolute atomic E-state index is 0.224. The summed E-state index contributed by atoms with van der Waals surface area (Å²) in [4.78, 5) is 0. The van der Waals surface area contributed by atoms with Crippen molar-refractivity contribution in [3.8, 4) is 6.07 Å². The first-order chi connectivity index (χ1) is 6.86. The maximum atomic E-state index is 12.3. The van der Waals surface area contributed by atoms with E-state index in [2.05, 4.69) is 0 Å². The van der Waals surface area contributed by atoms with Crippen molar-refractivity contribution in [1.82, 2.24) is 0 Å². The second-order valence-electron chi connectivity index (χ2n) is 2.71. The van der Waals surface area contributed by atoms with Gasteiger partial charge in [-0.15, -0.1) is 0 Å². The summed E-state index contributed by atoms with van der Waals surface area (Å²) in [6.07, 6.45) is -8.09. The molecule has 1 aromatic rings. The highest BCUT2D eigenvalue weighted by Gasteiger charge is 2.35. The maximum Gasteiger partial charge on any atom is 0.416 e. The highest BCUT2D eigenvalue weighted by atomic mass is 19.4. The van der Waals surface area contributed by atoms with E-state index in [4.69, 9.17) is 5.26 Å². The molecule has 0 aliphatic carbocycles. The van der Waals surface area contributed by atoms with E-state index in [0.29, 0.717) is 12.1 Å². The van der Waals surface area contributed by atoms with Crippen molar-refractivity contribution in [2.24, 2.45) is 0 Å². The van der Waals surface area contributed by atoms with Gasteiger partial charge in [0, 0.05) is 5.56 Å². The highest BCUT2D eigenvalue weighted by molar-refractivity contribution is 5.40. The fraction of sp³-hybridized carbons (Fsp3) is 0.222. The molecule has 1 nitrogen and oxygen atoms in total. The molecule has 0 bridgehead atoms. The zero-order valence-corrected chi connectivity index (χ0v) is 7.15. The molecule has 0 heterocycles. The summed E-state index contributed by atoms with van der Waals surface area (Å²) in [6.45, 7) is 0. The van der Waals surface area contributed by atoms with Crippen LogP contribution in [0.1, 0.15) is 23.1 Å². The summed E-state index contributed by atoms with van der Waals surface area (Å²) < 4.78 is 61.2. The molecule has 0 saturated carbocycles. The van der Waals surface area contributed by atoms with Crippen molar-refractivity contribution in [1.29, 1.82) is 5.26 Å². The molecule has 0 fully saturated rings. The highest BCUT2D eigenvalue weighted by Crippen LogP contribution is 2.36. The number of rotatable bonds is 1. The molecule has 1 rings (SSSR count). The molecule has 0 aromatic heterocycles. The topological polar surface area (TPSA) is 23.8 Å². The van der Waals surface area contributed by atoms with Gasteiger partial charge in [0.05, 0.1) is 17.2 Å².